The molecule has 158 valence electrons. The molecule has 0 saturated carbocycles. The summed E-state index contributed by atoms with van der Waals surface area (Å²) in [7, 11) is 0. The van der Waals surface area contributed by atoms with Gasteiger partial charge in [-0.25, -0.2) is 0 Å². The third-order valence-corrected chi connectivity index (χ3v) is 5.27. The number of hydrogen-bond donors (Lipinski definition) is 2. The van der Waals surface area contributed by atoms with Crippen molar-refractivity contribution in [2.45, 2.75) is 20.3 Å². The number of rotatable bonds is 7. The van der Waals surface area contributed by atoms with Crippen molar-refractivity contribution >= 4 is 34.9 Å². The number of nitrogens with two attached hydrogens (primary N) is 1. The van der Waals surface area contributed by atoms with Gasteiger partial charge in [0.2, 0.25) is 0 Å². The number of nitrogen functional groups attached to an aromatic ring is 1. The van der Waals surface area contributed by atoms with E-state index in [4.69, 9.17) is 11.1 Å². The largest absolute Gasteiger partial charge is 0.398 e. The van der Waals surface area contributed by atoms with Crippen molar-refractivity contribution in [1.82, 2.24) is 0 Å². The molecule has 3 aromatic rings. The SMILES string of the molecule is CC/C(=C(/c1ccc(/C=C/C(C)=O)cc1)c1ccc(N)c(C=N)c1)c1ccccc1C#N. The van der Waals surface area contributed by atoms with E-state index in [0.717, 1.165) is 33.4 Å². The van der Waals surface area contributed by atoms with Crippen LogP contribution in [0, 0.1) is 16.7 Å². The van der Waals surface area contributed by atoms with Crippen molar-refractivity contribution in [2.24, 2.45) is 0 Å². The van der Waals surface area contributed by atoms with Crippen molar-refractivity contribution in [2.75, 3.05) is 5.73 Å². The highest BCUT2D eigenvalue weighted by Crippen LogP contribution is 2.36. The van der Waals surface area contributed by atoms with Crippen molar-refractivity contribution in [1.29, 1.82) is 10.7 Å². The van der Waals surface area contributed by atoms with Gasteiger partial charge in [0.15, 0.2) is 5.78 Å². The minimum absolute atomic E-state index is 0.00270. The van der Waals surface area contributed by atoms with E-state index in [1.165, 1.54) is 13.1 Å². The van der Waals surface area contributed by atoms with Crippen LogP contribution in [-0.2, 0) is 4.79 Å². The Hall–Kier alpha value is -4.23. The summed E-state index contributed by atoms with van der Waals surface area (Å²) in [6, 6.07) is 23.5. The van der Waals surface area contributed by atoms with Gasteiger partial charge in [0.05, 0.1) is 11.6 Å². The predicted octanol–water partition coefficient (Wildman–Crippen LogP) is 6.11. The Labute approximate surface area is 188 Å². The van der Waals surface area contributed by atoms with Crippen LogP contribution in [-0.4, -0.2) is 12.0 Å². The first-order valence-corrected chi connectivity index (χ1v) is 10.4. The summed E-state index contributed by atoms with van der Waals surface area (Å²) >= 11 is 0. The van der Waals surface area contributed by atoms with Gasteiger partial charge in [-0.15, -0.1) is 0 Å². The molecule has 0 amide bonds. The van der Waals surface area contributed by atoms with E-state index < -0.39 is 0 Å². The van der Waals surface area contributed by atoms with Crippen LogP contribution >= 0.6 is 0 Å². The zero-order valence-electron chi connectivity index (χ0n) is 18.2. The molecule has 4 heteroatoms. The van der Waals surface area contributed by atoms with E-state index in [1.54, 1.807) is 12.2 Å². The first-order valence-electron chi connectivity index (χ1n) is 10.4. The molecule has 32 heavy (non-hydrogen) atoms. The van der Waals surface area contributed by atoms with Crippen LogP contribution in [0.3, 0.4) is 0 Å². The molecule has 3 aromatic carbocycles. The first kappa shape index (κ1) is 22.5. The number of anilines is 1. The second-order valence-electron chi connectivity index (χ2n) is 7.42. The van der Waals surface area contributed by atoms with Crippen molar-refractivity contribution in [3.8, 4) is 6.07 Å². The van der Waals surface area contributed by atoms with Gasteiger partial charge in [0.1, 0.15) is 0 Å². The van der Waals surface area contributed by atoms with Gasteiger partial charge in [-0.3, -0.25) is 4.79 Å². The van der Waals surface area contributed by atoms with E-state index in [9.17, 15) is 10.1 Å². The van der Waals surface area contributed by atoms with Gasteiger partial charge in [-0.2, -0.15) is 5.26 Å². The van der Waals surface area contributed by atoms with Crippen molar-refractivity contribution in [3.63, 3.8) is 0 Å². The maximum atomic E-state index is 11.3. The van der Waals surface area contributed by atoms with E-state index in [0.29, 0.717) is 23.2 Å². The molecule has 0 spiro atoms. The average Bonchev–Trinajstić information content (AvgIpc) is 2.82. The summed E-state index contributed by atoms with van der Waals surface area (Å²) < 4.78 is 0. The average molecular weight is 420 g/mol. The van der Waals surface area contributed by atoms with Crippen molar-refractivity contribution < 1.29 is 4.79 Å². The summed E-state index contributed by atoms with van der Waals surface area (Å²) in [5.41, 5.74) is 13.6. The quantitative estimate of drug-likeness (QED) is 0.209. The molecule has 0 radical (unpaired) electrons. The standard InChI is InChI=1S/C28H25N3O/c1-3-25(26-7-5-4-6-23(26)17-29)28(22-14-15-27(31)24(16-22)18-30)21-12-10-20(11-13-21)9-8-19(2)32/h4-16,18,30H,3,31H2,1-2H3/b9-8+,28-25+,30-18?. The van der Waals surface area contributed by atoms with Crippen LogP contribution in [0.2, 0.25) is 0 Å². The predicted molar refractivity (Wildman–Crippen MR) is 132 cm³/mol. The molecule has 0 bridgehead atoms. The topological polar surface area (TPSA) is 90.7 Å². The molecule has 3 rings (SSSR count). The van der Waals surface area contributed by atoms with Crippen LogP contribution in [0.15, 0.2) is 72.8 Å². The fraction of sp³-hybridized carbons (Fsp3) is 0.107. The summed E-state index contributed by atoms with van der Waals surface area (Å²) in [6.07, 6.45) is 5.30. The molecule has 0 aliphatic carbocycles. The lowest BCUT2D eigenvalue weighted by Gasteiger charge is -2.18. The molecular formula is C28H25N3O. The van der Waals surface area contributed by atoms with E-state index >= 15 is 0 Å². The Bertz CT molecular complexity index is 1260. The Kier molecular flexibility index (Phi) is 7.15. The normalized spacial score (nSPS) is 11.7. The Balaban J connectivity index is 2.29. The van der Waals surface area contributed by atoms with Gasteiger partial charge in [-0.1, -0.05) is 61.5 Å². The lowest BCUT2D eigenvalue weighted by molar-refractivity contribution is -0.112. The molecular weight excluding hydrogens is 394 g/mol. The number of carbonyl (C=O) groups is 1. The smallest absolute Gasteiger partial charge is 0.152 e. The molecule has 0 aromatic heterocycles. The molecule has 0 atom stereocenters. The molecule has 4 nitrogen and oxygen atoms in total. The molecule has 0 fully saturated rings. The number of benzene rings is 3. The van der Waals surface area contributed by atoms with E-state index in [1.807, 2.05) is 66.7 Å². The maximum Gasteiger partial charge on any atom is 0.152 e. The molecule has 0 saturated heterocycles. The Morgan fingerprint density at radius 1 is 1.06 bits per heavy atom. The maximum absolute atomic E-state index is 11.3. The van der Waals surface area contributed by atoms with Crippen LogP contribution in [0.4, 0.5) is 5.69 Å². The minimum atomic E-state index is -0.00270. The van der Waals surface area contributed by atoms with Crippen LogP contribution in [0.5, 0.6) is 0 Å². The number of carbonyl (C=O) groups excluding carboxylic acids is 1. The van der Waals surface area contributed by atoms with Gasteiger partial charge in [-0.05, 0) is 71.0 Å². The highest BCUT2D eigenvalue weighted by Gasteiger charge is 2.16. The first-order chi connectivity index (χ1) is 15.5. The van der Waals surface area contributed by atoms with Gasteiger partial charge < -0.3 is 11.1 Å². The molecule has 0 aliphatic heterocycles. The zero-order valence-corrected chi connectivity index (χ0v) is 18.2. The zero-order chi connectivity index (χ0) is 23.1. The van der Waals surface area contributed by atoms with E-state index in [2.05, 4.69) is 13.0 Å². The van der Waals surface area contributed by atoms with Gasteiger partial charge >= 0.3 is 0 Å². The number of nitrogens with zero attached hydrogens (tertiary/aromatic N) is 1. The lowest BCUT2D eigenvalue weighted by Crippen LogP contribution is -2.00. The summed E-state index contributed by atoms with van der Waals surface area (Å²) in [5, 5.41) is 17.4. The second-order valence-corrected chi connectivity index (χ2v) is 7.42. The molecule has 3 N–H and O–H groups in total. The third kappa shape index (κ3) is 4.91. The monoisotopic (exact) mass is 419 g/mol. The molecule has 0 aliphatic rings. The fourth-order valence-corrected chi connectivity index (χ4v) is 3.69. The summed E-state index contributed by atoms with van der Waals surface area (Å²) in [6.45, 7) is 3.59. The minimum Gasteiger partial charge on any atom is -0.398 e. The third-order valence-electron chi connectivity index (χ3n) is 5.27. The highest BCUT2D eigenvalue weighted by atomic mass is 16.1. The van der Waals surface area contributed by atoms with Gasteiger partial charge in [0, 0.05) is 17.5 Å². The fourth-order valence-electron chi connectivity index (χ4n) is 3.69. The second kappa shape index (κ2) is 10.2. The van der Waals surface area contributed by atoms with Crippen molar-refractivity contribution in [3.05, 3.63) is 106 Å². The highest BCUT2D eigenvalue weighted by molar-refractivity contribution is 6.01. The molecule has 0 heterocycles. The van der Waals surface area contributed by atoms with E-state index in [-0.39, 0.29) is 5.78 Å². The number of hydrogen-bond acceptors (Lipinski definition) is 4. The lowest BCUT2D eigenvalue weighted by atomic mass is 9.86. The van der Waals surface area contributed by atoms with Crippen LogP contribution < -0.4 is 5.73 Å². The Morgan fingerprint density at radius 3 is 2.38 bits per heavy atom. The summed E-state index contributed by atoms with van der Waals surface area (Å²) in [5.74, 6) is -0.00270. The number of ketones is 1. The summed E-state index contributed by atoms with van der Waals surface area (Å²) in [4.78, 5) is 11.3. The van der Waals surface area contributed by atoms with Crippen LogP contribution in [0.1, 0.15) is 53.6 Å². The number of allylic oxidation sites excluding steroid dienone is 2. The Morgan fingerprint density at radius 2 is 1.75 bits per heavy atom. The number of nitriles is 1. The van der Waals surface area contributed by atoms with Crippen LogP contribution in [0.25, 0.3) is 17.2 Å². The van der Waals surface area contributed by atoms with Gasteiger partial charge in [0.25, 0.3) is 0 Å². The number of nitrogens with one attached hydrogen (secondary N) is 1. The molecule has 0 unspecified atom stereocenters.